The van der Waals surface area contributed by atoms with E-state index in [0.29, 0.717) is 12.2 Å². The monoisotopic (exact) mass is 431 g/mol. The first-order valence-corrected chi connectivity index (χ1v) is 9.90. The van der Waals surface area contributed by atoms with E-state index in [9.17, 15) is 27.6 Å². The molecule has 1 saturated heterocycles. The van der Waals surface area contributed by atoms with Gasteiger partial charge in [-0.3, -0.25) is 14.4 Å². The average molecular weight is 431 g/mol. The summed E-state index contributed by atoms with van der Waals surface area (Å²) in [6, 6.07) is 10.7. The highest BCUT2D eigenvalue weighted by Gasteiger charge is 2.41. The predicted molar refractivity (Wildman–Crippen MR) is 107 cm³/mol. The average Bonchev–Trinajstić information content (AvgIpc) is 3.49. The van der Waals surface area contributed by atoms with Gasteiger partial charge in [0, 0.05) is 35.9 Å². The first kappa shape index (κ1) is 20.9. The second-order valence-electron chi connectivity index (χ2n) is 7.78. The van der Waals surface area contributed by atoms with Crippen LogP contribution in [0.4, 0.5) is 24.5 Å². The van der Waals surface area contributed by atoms with Crippen molar-refractivity contribution in [1.29, 1.82) is 0 Å². The molecule has 2 N–H and O–H groups in total. The number of carbonyl (C=O) groups excluding carboxylic acids is 3. The minimum atomic E-state index is -4.51. The van der Waals surface area contributed by atoms with Crippen LogP contribution in [0.3, 0.4) is 0 Å². The fraction of sp³-hybridized carbons (Fsp3) is 0.318. The van der Waals surface area contributed by atoms with E-state index in [1.165, 1.54) is 24.3 Å². The second kappa shape index (κ2) is 8.05. The molecule has 1 atom stereocenters. The number of hydrogen-bond acceptors (Lipinski definition) is 3. The van der Waals surface area contributed by atoms with Gasteiger partial charge in [0.05, 0.1) is 11.5 Å². The lowest BCUT2D eigenvalue weighted by Crippen LogP contribution is -2.29. The number of likely N-dealkylation sites (tertiary alicyclic amines) is 1. The van der Waals surface area contributed by atoms with Crippen molar-refractivity contribution in [1.82, 2.24) is 4.90 Å². The maximum absolute atomic E-state index is 12.8. The quantitative estimate of drug-likeness (QED) is 0.754. The molecule has 2 aromatic rings. The molecule has 4 rings (SSSR count). The first-order chi connectivity index (χ1) is 14.7. The van der Waals surface area contributed by atoms with Gasteiger partial charge in [-0.05, 0) is 49.2 Å². The number of amides is 3. The van der Waals surface area contributed by atoms with Crippen molar-refractivity contribution in [2.45, 2.75) is 31.5 Å². The molecule has 3 amide bonds. The molecule has 162 valence electrons. The number of nitrogens with one attached hydrogen (secondary N) is 2. The van der Waals surface area contributed by atoms with Crippen LogP contribution in [0.25, 0.3) is 0 Å². The molecule has 0 bridgehead atoms. The Morgan fingerprint density at radius 3 is 2.32 bits per heavy atom. The van der Waals surface area contributed by atoms with Gasteiger partial charge in [-0.1, -0.05) is 12.1 Å². The Bertz CT molecular complexity index is 1030. The van der Waals surface area contributed by atoms with Gasteiger partial charge >= 0.3 is 6.18 Å². The van der Waals surface area contributed by atoms with Gasteiger partial charge in [-0.2, -0.15) is 13.2 Å². The van der Waals surface area contributed by atoms with E-state index in [4.69, 9.17) is 0 Å². The first-order valence-electron chi connectivity index (χ1n) is 9.90. The third-order valence-corrected chi connectivity index (χ3v) is 5.36. The van der Waals surface area contributed by atoms with Crippen LogP contribution in [-0.2, 0) is 15.8 Å². The van der Waals surface area contributed by atoms with Crippen LogP contribution in [0.2, 0.25) is 0 Å². The Balaban J connectivity index is 1.40. The lowest BCUT2D eigenvalue weighted by Gasteiger charge is -2.15. The van der Waals surface area contributed by atoms with Crippen molar-refractivity contribution in [2.75, 3.05) is 17.2 Å². The number of carbonyl (C=O) groups is 3. The third-order valence-electron chi connectivity index (χ3n) is 5.36. The van der Waals surface area contributed by atoms with Gasteiger partial charge in [0.25, 0.3) is 5.91 Å². The topological polar surface area (TPSA) is 78.5 Å². The fourth-order valence-electron chi connectivity index (χ4n) is 3.61. The molecule has 1 aliphatic heterocycles. The van der Waals surface area contributed by atoms with Crippen LogP contribution >= 0.6 is 0 Å². The van der Waals surface area contributed by atoms with Crippen LogP contribution in [0.1, 0.15) is 35.2 Å². The summed E-state index contributed by atoms with van der Waals surface area (Å²) in [7, 11) is 0. The van der Waals surface area contributed by atoms with E-state index in [2.05, 4.69) is 10.6 Å². The van der Waals surface area contributed by atoms with Gasteiger partial charge in [-0.15, -0.1) is 0 Å². The highest BCUT2D eigenvalue weighted by Crippen LogP contribution is 2.33. The second-order valence-corrected chi connectivity index (χ2v) is 7.78. The SMILES string of the molecule is O=C(Nc1cccc(C(F)(F)F)c1)c1cccc(NC(=O)C2CC(=O)N(C3CC3)C2)c1. The summed E-state index contributed by atoms with van der Waals surface area (Å²) in [5.74, 6) is -1.37. The molecule has 2 aliphatic rings. The number of nitrogens with zero attached hydrogens (tertiary/aromatic N) is 1. The van der Waals surface area contributed by atoms with Crippen LogP contribution in [-0.4, -0.2) is 35.2 Å². The highest BCUT2D eigenvalue weighted by molar-refractivity contribution is 6.05. The van der Waals surface area contributed by atoms with E-state index < -0.39 is 23.6 Å². The Labute approximate surface area is 176 Å². The van der Waals surface area contributed by atoms with Crippen LogP contribution in [0.5, 0.6) is 0 Å². The summed E-state index contributed by atoms with van der Waals surface area (Å²) in [5.41, 5.74) is -0.298. The number of benzene rings is 2. The van der Waals surface area contributed by atoms with Gasteiger partial charge < -0.3 is 15.5 Å². The molecule has 0 aromatic heterocycles. The van der Waals surface area contributed by atoms with Gasteiger partial charge in [0.2, 0.25) is 11.8 Å². The largest absolute Gasteiger partial charge is 0.416 e. The Morgan fingerprint density at radius 2 is 1.65 bits per heavy atom. The minimum absolute atomic E-state index is 0.0129. The summed E-state index contributed by atoms with van der Waals surface area (Å²) in [5, 5.41) is 5.16. The normalized spacial score (nSPS) is 18.7. The van der Waals surface area contributed by atoms with Crippen molar-refractivity contribution in [3.05, 3.63) is 59.7 Å². The number of alkyl halides is 3. The minimum Gasteiger partial charge on any atom is -0.339 e. The van der Waals surface area contributed by atoms with E-state index in [0.717, 1.165) is 25.0 Å². The molecule has 0 spiro atoms. The van der Waals surface area contributed by atoms with Crippen LogP contribution < -0.4 is 10.6 Å². The summed E-state index contributed by atoms with van der Waals surface area (Å²) in [6.07, 6.45) is -2.40. The van der Waals surface area contributed by atoms with Gasteiger partial charge in [0.15, 0.2) is 0 Å². The smallest absolute Gasteiger partial charge is 0.339 e. The van der Waals surface area contributed by atoms with Crippen molar-refractivity contribution >= 4 is 29.1 Å². The zero-order valence-electron chi connectivity index (χ0n) is 16.4. The summed E-state index contributed by atoms with van der Waals surface area (Å²) < 4.78 is 38.5. The maximum Gasteiger partial charge on any atom is 0.416 e. The number of anilines is 2. The molecule has 2 aromatic carbocycles. The lowest BCUT2D eigenvalue weighted by atomic mass is 10.1. The molecule has 1 saturated carbocycles. The van der Waals surface area contributed by atoms with E-state index in [1.807, 2.05) is 0 Å². The summed E-state index contributed by atoms with van der Waals surface area (Å²) in [4.78, 5) is 38.8. The zero-order valence-corrected chi connectivity index (χ0v) is 16.4. The van der Waals surface area contributed by atoms with Crippen molar-refractivity contribution in [3.8, 4) is 0 Å². The maximum atomic E-state index is 12.8. The molecular weight excluding hydrogens is 411 g/mol. The standard InChI is InChI=1S/C22H20F3N3O3/c23-22(24,25)15-4-2-6-17(11-15)27-20(30)13-3-1-5-16(9-13)26-21(31)14-10-19(29)28(12-14)18-7-8-18/h1-6,9,11,14,18H,7-8,10,12H2,(H,26,31)(H,27,30). The molecule has 2 fully saturated rings. The lowest BCUT2D eigenvalue weighted by molar-refractivity contribution is -0.137. The molecule has 0 radical (unpaired) electrons. The molecule has 9 heteroatoms. The predicted octanol–water partition coefficient (Wildman–Crippen LogP) is 3.91. The van der Waals surface area contributed by atoms with Crippen molar-refractivity contribution < 1.29 is 27.6 Å². The van der Waals surface area contributed by atoms with E-state index in [-0.39, 0.29) is 35.5 Å². The zero-order chi connectivity index (χ0) is 22.2. The van der Waals surface area contributed by atoms with Gasteiger partial charge in [0.1, 0.15) is 0 Å². The molecule has 6 nitrogen and oxygen atoms in total. The van der Waals surface area contributed by atoms with E-state index in [1.54, 1.807) is 17.0 Å². The van der Waals surface area contributed by atoms with Crippen molar-refractivity contribution in [3.63, 3.8) is 0 Å². The number of rotatable bonds is 5. The molecular formula is C22H20F3N3O3. The van der Waals surface area contributed by atoms with Crippen molar-refractivity contribution in [2.24, 2.45) is 5.92 Å². The Hall–Kier alpha value is -3.36. The molecule has 1 heterocycles. The summed E-state index contributed by atoms with van der Waals surface area (Å²) in [6.45, 7) is 0.394. The van der Waals surface area contributed by atoms with E-state index >= 15 is 0 Å². The molecule has 31 heavy (non-hydrogen) atoms. The highest BCUT2D eigenvalue weighted by atomic mass is 19.4. The van der Waals surface area contributed by atoms with Crippen LogP contribution in [0, 0.1) is 5.92 Å². The molecule has 1 aliphatic carbocycles. The summed E-state index contributed by atoms with van der Waals surface area (Å²) >= 11 is 0. The molecule has 1 unspecified atom stereocenters. The number of halogens is 3. The fourth-order valence-corrected chi connectivity index (χ4v) is 3.61. The third kappa shape index (κ3) is 4.87. The van der Waals surface area contributed by atoms with Gasteiger partial charge in [-0.25, -0.2) is 0 Å². The Morgan fingerprint density at radius 1 is 0.968 bits per heavy atom. The number of hydrogen-bond donors (Lipinski definition) is 2. The van der Waals surface area contributed by atoms with Crippen LogP contribution in [0.15, 0.2) is 48.5 Å². The Kier molecular flexibility index (Phi) is 5.43.